The van der Waals surface area contributed by atoms with Gasteiger partial charge in [0.15, 0.2) is 0 Å². The zero-order valence-corrected chi connectivity index (χ0v) is 13.9. The highest BCUT2D eigenvalue weighted by molar-refractivity contribution is 7.89. The number of hydrogen-bond acceptors (Lipinski definition) is 4. The van der Waals surface area contributed by atoms with E-state index in [1.807, 2.05) is 14.0 Å². The Bertz CT molecular complexity index is 601. The summed E-state index contributed by atoms with van der Waals surface area (Å²) >= 11 is 0. The van der Waals surface area contributed by atoms with Crippen LogP contribution in [0, 0.1) is 0 Å². The molecule has 21 heavy (non-hydrogen) atoms. The molecule has 118 valence electrons. The Morgan fingerprint density at radius 1 is 1.43 bits per heavy atom. The van der Waals surface area contributed by atoms with Crippen LogP contribution in [0.4, 0.5) is 5.69 Å². The highest BCUT2D eigenvalue weighted by Crippen LogP contribution is 2.23. The molecule has 1 atom stereocenters. The number of benzene rings is 1. The van der Waals surface area contributed by atoms with Crippen molar-refractivity contribution in [3.05, 3.63) is 23.8 Å². The first-order valence-corrected chi connectivity index (χ1v) is 8.85. The Labute approximate surface area is 127 Å². The third-order valence-corrected chi connectivity index (χ3v) is 6.17. The van der Waals surface area contributed by atoms with Crippen LogP contribution in [0.5, 0.6) is 0 Å². The third-order valence-electron chi connectivity index (χ3n) is 4.35. The van der Waals surface area contributed by atoms with E-state index in [4.69, 9.17) is 5.73 Å². The van der Waals surface area contributed by atoms with Gasteiger partial charge in [-0.3, -0.25) is 0 Å². The van der Waals surface area contributed by atoms with E-state index in [2.05, 4.69) is 4.90 Å². The summed E-state index contributed by atoms with van der Waals surface area (Å²) in [6.45, 7) is 3.56. The van der Waals surface area contributed by atoms with Gasteiger partial charge in [0, 0.05) is 25.3 Å². The van der Waals surface area contributed by atoms with E-state index in [1.54, 1.807) is 25.2 Å². The largest absolute Gasteiger partial charge is 0.398 e. The van der Waals surface area contributed by atoms with Crippen LogP contribution in [0.3, 0.4) is 0 Å². The summed E-state index contributed by atoms with van der Waals surface area (Å²) in [5, 5.41) is 0. The lowest BCUT2D eigenvalue weighted by Gasteiger charge is -2.25. The zero-order valence-electron chi connectivity index (χ0n) is 13.0. The zero-order chi connectivity index (χ0) is 15.6. The lowest BCUT2D eigenvalue weighted by molar-refractivity contribution is 0.271. The molecule has 1 fully saturated rings. The van der Waals surface area contributed by atoms with Gasteiger partial charge in [-0.2, -0.15) is 4.31 Å². The predicted octanol–water partition coefficient (Wildman–Crippen LogP) is 1.55. The molecule has 0 bridgehead atoms. The first-order valence-electron chi connectivity index (χ1n) is 7.41. The standard InChI is InChI=1S/C15H25N3O2S/c1-4-12-7-8-14(10-15(12)16)21(19,20)18(3)11-13-6-5-9-17(13)2/h7-8,10,13H,4-6,9,11,16H2,1-3H3. The maximum absolute atomic E-state index is 12.6. The van der Waals surface area contributed by atoms with Crippen molar-refractivity contribution >= 4 is 15.7 Å². The van der Waals surface area contributed by atoms with Crippen LogP contribution in [0.2, 0.25) is 0 Å². The minimum Gasteiger partial charge on any atom is -0.398 e. The van der Waals surface area contributed by atoms with Gasteiger partial charge in [-0.05, 0) is 50.6 Å². The fraction of sp³-hybridized carbons (Fsp3) is 0.600. The summed E-state index contributed by atoms with van der Waals surface area (Å²) in [5.74, 6) is 0. The molecule has 1 saturated heterocycles. The lowest BCUT2D eigenvalue weighted by atomic mass is 10.1. The monoisotopic (exact) mass is 311 g/mol. The SMILES string of the molecule is CCc1ccc(S(=O)(=O)N(C)CC2CCCN2C)cc1N. The van der Waals surface area contributed by atoms with Crippen LogP contribution in [0.25, 0.3) is 0 Å². The van der Waals surface area contributed by atoms with Gasteiger partial charge in [0.2, 0.25) is 10.0 Å². The van der Waals surface area contributed by atoms with Crippen LogP contribution < -0.4 is 5.73 Å². The molecule has 0 amide bonds. The summed E-state index contributed by atoms with van der Waals surface area (Å²) in [5.41, 5.74) is 7.45. The number of nitrogens with two attached hydrogens (primary N) is 1. The quantitative estimate of drug-likeness (QED) is 0.838. The van der Waals surface area contributed by atoms with Crippen molar-refractivity contribution in [2.45, 2.75) is 37.1 Å². The molecule has 0 aliphatic carbocycles. The molecule has 1 aromatic rings. The van der Waals surface area contributed by atoms with E-state index >= 15 is 0 Å². The second kappa shape index (κ2) is 6.34. The molecule has 0 aromatic heterocycles. The van der Waals surface area contributed by atoms with Gasteiger partial charge in [-0.25, -0.2) is 8.42 Å². The summed E-state index contributed by atoms with van der Waals surface area (Å²) in [4.78, 5) is 2.50. The van der Waals surface area contributed by atoms with E-state index in [0.717, 1.165) is 31.4 Å². The molecule has 1 aliphatic heterocycles. The van der Waals surface area contributed by atoms with Gasteiger partial charge in [0.1, 0.15) is 0 Å². The molecule has 0 radical (unpaired) electrons. The second-order valence-corrected chi connectivity index (χ2v) is 7.82. The highest BCUT2D eigenvalue weighted by Gasteiger charge is 2.28. The lowest BCUT2D eigenvalue weighted by Crippen LogP contribution is -2.39. The average molecular weight is 311 g/mol. The minimum atomic E-state index is -3.47. The molecule has 1 aromatic carbocycles. The second-order valence-electron chi connectivity index (χ2n) is 5.78. The first-order chi connectivity index (χ1) is 9.86. The number of anilines is 1. The molecule has 1 unspecified atom stereocenters. The molecular weight excluding hydrogens is 286 g/mol. The number of sulfonamides is 1. The van der Waals surface area contributed by atoms with Crippen LogP contribution in [0.15, 0.2) is 23.1 Å². The van der Waals surface area contributed by atoms with Crippen molar-refractivity contribution < 1.29 is 8.42 Å². The van der Waals surface area contributed by atoms with Gasteiger partial charge < -0.3 is 10.6 Å². The van der Waals surface area contributed by atoms with Gasteiger partial charge in [0.25, 0.3) is 0 Å². The summed E-state index contributed by atoms with van der Waals surface area (Å²) < 4.78 is 26.7. The predicted molar refractivity (Wildman–Crippen MR) is 85.7 cm³/mol. The summed E-state index contributed by atoms with van der Waals surface area (Å²) in [6, 6.07) is 5.33. The molecule has 2 rings (SSSR count). The molecule has 5 nitrogen and oxygen atoms in total. The Morgan fingerprint density at radius 2 is 2.14 bits per heavy atom. The molecule has 1 heterocycles. The number of nitrogens with zero attached hydrogens (tertiary/aromatic N) is 2. The number of likely N-dealkylation sites (tertiary alicyclic amines) is 1. The molecule has 2 N–H and O–H groups in total. The van der Waals surface area contributed by atoms with Gasteiger partial charge in [-0.1, -0.05) is 13.0 Å². The number of nitrogen functional groups attached to an aromatic ring is 1. The Kier molecular flexibility index (Phi) is 4.91. The van der Waals surface area contributed by atoms with E-state index in [-0.39, 0.29) is 4.90 Å². The Hall–Kier alpha value is -1.11. The van der Waals surface area contributed by atoms with Crippen molar-refractivity contribution in [3.8, 4) is 0 Å². The van der Waals surface area contributed by atoms with Gasteiger partial charge >= 0.3 is 0 Å². The highest BCUT2D eigenvalue weighted by atomic mass is 32.2. The molecule has 1 aliphatic rings. The number of aryl methyl sites for hydroxylation is 1. The molecule has 6 heteroatoms. The minimum absolute atomic E-state index is 0.278. The van der Waals surface area contributed by atoms with Gasteiger partial charge in [-0.15, -0.1) is 0 Å². The van der Waals surface area contributed by atoms with E-state index < -0.39 is 10.0 Å². The Balaban J connectivity index is 2.18. The van der Waals surface area contributed by atoms with Crippen molar-refractivity contribution in [1.82, 2.24) is 9.21 Å². The van der Waals surface area contributed by atoms with Crippen molar-refractivity contribution in [1.29, 1.82) is 0 Å². The van der Waals surface area contributed by atoms with Gasteiger partial charge in [0.05, 0.1) is 4.90 Å². The Morgan fingerprint density at radius 3 is 2.67 bits per heavy atom. The maximum Gasteiger partial charge on any atom is 0.242 e. The fourth-order valence-electron chi connectivity index (χ4n) is 2.84. The summed E-state index contributed by atoms with van der Waals surface area (Å²) in [6.07, 6.45) is 2.98. The number of likely N-dealkylation sites (N-methyl/N-ethyl adjacent to an activating group) is 2. The van der Waals surface area contributed by atoms with Crippen LogP contribution in [-0.4, -0.2) is 50.8 Å². The fourth-order valence-corrected chi connectivity index (χ4v) is 4.08. The van der Waals surface area contributed by atoms with Crippen LogP contribution in [-0.2, 0) is 16.4 Å². The van der Waals surface area contributed by atoms with E-state index in [9.17, 15) is 8.42 Å². The maximum atomic E-state index is 12.6. The molecular formula is C15H25N3O2S. The van der Waals surface area contributed by atoms with Crippen LogP contribution >= 0.6 is 0 Å². The van der Waals surface area contributed by atoms with Crippen molar-refractivity contribution in [2.24, 2.45) is 0 Å². The first kappa shape index (κ1) is 16.3. The van der Waals surface area contributed by atoms with Crippen molar-refractivity contribution in [3.63, 3.8) is 0 Å². The normalized spacial score (nSPS) is 20.3. The third kappa shape index (κ3) is 3.39. The summed E-state index contributed by atoms with van der Waals surface area (Å²) in [7, 11) is 0.221. The average Bonchev–Trinajstić information content (AvgIpc) is 2.84. The number of hydrogen-bond donors (Lipinski definition) is 1. The van der Waals surface area contributed by atoms with Crippen molar-refractivity contribution in [2.75, 3.05) is 32.9 Å². The topological polar surface area (TPSA) is 66.6 Å². The molecule has 0 saturated carbocycles. The molecule has 0 spiro atoms. The smallest absolute Gasteiger partial charge is 0.242 e. The van der Waals surface area contributed by atoms with E-state index in [1.165, 1.54) is 4.31 Å². The van der Waals surface area contributed by atoms with Crippen LogP contribution in [0.1, 0.15) is 25.3 Å². The van der Waals surface area contributed by atoms with E-state index in [0.29, 0.717) is 18.3 Å². The number of rotatable bonds is 5.